The van der Waals surface area contributed by atoms with Crippen LogP contribution < -0.4 is 5.32 Å². The number of nitrogens with zero attached hydrogens (tertiary/aromatic N) is 3. The van der Waals surface area contributed by atoms with Crippen molar-refractivity contribution in [3.63, 3.8) is 0 Å². The Morgan fingerprint density at radius 3 is 3.09 bits per heavy atom. The Morgan fingerprint density at radius 2 is 2.41 bits per heavy atom. The molecular weight excluding hydrogens is 295 g/mol. The molecule has 8 nitrogen and oxygen atoms in total. The van der Waals surface area contributed by atoms with Crippen LogP contribution in [0.25, 0.3) is 11.3 Å². The lowest BCUT2D eigenvalue weighted by Gasteiger charge is -2.05. The molecule has 1 amide bonds. The zero-order valence-electron chi connectivity index (χ0n) is 14.4. The lowest BCUT2D eigenvalue weighted by atomic mass is 10.1. The first-order chi connectivity index (χ1) is 11.6. The van der Waals surface area contributed by atoms with Crippen molar-refractivity contribution in [3.05, 3.63) is 45.9 Å². The molecule has 1 heterocycles. The smallest absolute Gasteiger partial charge is 0.407 e. The predicted molar refractivity (Wildman–Crippen MR) is 74.5 cm³/mol. The molecule has 0 radical (unpaired) electrons. The van der Waals surface area contributed by atoms with Crippen LogP contribution in [-0.4, -0.2) is 27.8 Å². The summed E-state index contributed by atoms with van der Waals surface area (Å²) in [5.74, 6) is -1.07. The highest BCUT2D eigenvalue weighted by Gasteiger charge is 2.22. The highest BCUT2D eigenvalue weighted by Crippen LogP contribution is 2.30. The van der Waals surface area contributed by atoms with Crippen molar-refractivity contribution in [2.45, 2.75) is 6.61 Å². The summed E-state index contributed by atoms with van der Waals surface area (Å²) in [5, 5.41) is 16.5. The summed E-state index contributed by atoms with van der Waals surface area (Å²) in [5.41, 5.74) is -0.548. The van der Waals surface area contributed by atoms with Gasteiger partial charge in [0.15, 0.2) is 0 Å². The number of alkyl carbamates (subject to hydrolysis) is 1. The first kappa shape index (κ1) is 11.7. The number of aromatic nitrogens is 2. The molecule has 0 aliphatic carbocycles. The first-order valence-electron chi connectivity index (χ1n) is 7.49. The standard InChI is InChI=1S/C13H13FN4O4/c1-15-13(19)22-7-8-6-17(2)16-12(8)9-4-3-5-10(11(9)14)18(20)21/h3-6H,7H2,1-2H3,(H,15,19)/i1D3. The number of hydrogen-bond acceptors (Lipinski definition) is 5. The Morgan fingerprint density at radius 1 is 1.64 bits per heavy atom. The molecule has 1 N–H and O–H groups in total. The fourth-order valence-electron chi connectivity index (χ4n) is 1.89. The maximum atomic E-state index is 14.3. The largest absolute Gasteiger partial charge is 0.445 e. The molecule has 116 valence electrons. The Kier molecular flexibility index (Phi) is 3.29. The van der Waals surface area contributed by atoms with Crippen molar-refractivity contribution < 1.29 is 23.0 Å². The molecule has 0 aliphatic rings. The number of rotatable bonds is 4. The minimum absolute atomic E-state index is 0.0467. The van der Waals surface area contributed by atoms with Gasteiger partial charge in [-0.25, -0.2) is 4.79 Å². The van der Waals surface area contributed by atoms with Crippen molar-refractivity contribution in [1.29, 1.82) is 0 Å². The quantitative estimate of drug-likeness (QED) is 0.687. The second-order valence-corrected chi connectivity index (χ2v) is 4.27. The Bertz CT molecular complexity index is 822. The van der Waals surface area contributed by atoms with E-state index >= 15 is 0 Å². The SMILES string of the molecule is [2H]C([2H])([2H])NC(=O)OCc1cn(C)nc1-c1cccc([N+](=O)[O-])c1F. The number of benzene rings is 1. The molecular formula is C13H13FN4O4. The minimum Gasteiger partial charge on any atom is -0.445 e. The third kappa shape index (κ3) is 3.03. The summed E-state index contributed by atoms with van der Waals surface area (Å²) in [7, 11) is 1.53. The number of aryl methyl sites for hydroxylation is 1. The van der Waals surface area contributed by atoms with E-state index < -0.39 is 36.1 Å². The summed E-state index contributed by atoms with van der Waals surface area (Å²) in [6.45, 7) is -3.10. The zero-order valence-corrected chi connectivity index (χ0v) is 11.4. The molecule has 0 saturated heterocycles. The molecule has 0 aliphatic heterocycles. The molecule has 1 aromatic heterocycles. The van der Waals surface area contributed by atoms with E-state index in [2.05, 4.69) is 5.10 Å². The predicted octanol–water partition coefficient (Wildman–Crippen LogP) is 1.99. The fourth-order valence-corrected chi connectivity index (χ4v) is 1.89. The maximum absolute atomic E-state index is 14.3. The van der Waals surface area contributed by atoms with Gasteiger partial charge in [-0.1, -0.05) is 6.07 Å². The highest BCUT2D eigenvalue weighted by molar-refractivity contribution is 5.68. The average molecular weight is 311 g/mol. The van der Waals surface area contributed by atoms with Crippen LogP contribution in [0.5, 0.6) is 0 Å². The van der Waals surface area contributed by atoms with Gasteiger partial charge in [0.25, 0.3) is 0 Å². The van der Waals surface area contributed by atoms with Crippen molar-refractivity contribution in [2.24, 2.45) is 7.05 Å². The van der Waals surface area contributed by atoms with Crippen LogP contribution in [0.1, 0.15) is 9.68 Å². The van der Waals surface area contributed by atoms with Crippen LogP contribution in [0, 0.1) is 15.9 Å². The lowest BCUT2D eigenvalue weighted by Crippen LogP contribution is -2.18. The summed E-state index contributed by atoms with van der Waals surface area (Å²) in [6, 6.07) is 3.62. The van der Waals surface area contributed by atoms with E-state index in [1.54, 1.807) is 5.32 Å². The van der Waals surface area contributed by atoms with Gasteiger partial charge in [0.2, 0.25) is 5.82 Å². The first-order valence-corrected chi connectivity index (χ1v) is 5.99. The van der Waals surface area contributed by atoms with Gasteiger partial charge < -0.3 is 10.1 Å². The molecule has 0 fully saturated rings. The van der Waals surface area contributed by atoms with Gasteiger partial charge in [-0.3, -0.25) is 14.8 Å². The molecule has 1 aromatic carbocycles. The molecule has 0 bridgehead atoms. The zero-order chi connectivity index (χ0) is 18.8. The molecule has 2 aromatic rings. The highest BCUT2D eigenvalue weighted by atomic mass is 19.1. The Labute approximate surface area is 128 Å². The molecule has 0 spiro atoms. The van der Waals surface area contributed by atoms with Crippen molar-refractivity contribution in [3.8, 4) is 11.3 Å². The van der Waals surface area contributed by atoms with Crippen LogP contribution in [0.15, 0.2) is 24.4 Å². The summed E-state index contributed by atoms with van der Waals surface area (Å²) >= 11 is 0. The molecule has 22 heavy (non-hydrogen) atoms. The van der Waals surface area contributed by atoms with E-state index in [4.69, 9.17) is 8.85 Å². The second kappa shape index (κ2) is 6.20. The summed E-state index contributed by atoms with van der Waals surface area (Å²) < 4.78 is 41.2. The minimum atomic E-state index is -2.71. The van der Waals surface area contributed by atoms with Crippen molar-refractivity contribution in [1.82, 2.24) is 15.1 Å². The van der Waals surface area contributed by atoms with Crippen LogP contribution >= 0.6 is 0 Å². The monoisotopic (exact) mass is 311 g/mol. The van der Waals surface area contributed by atoms with Gasteiger partial charge in [0.05, 0.1) is 4.92 Å². The normalized spacial score (nSPS) is 12.9. The average Bonchev–Trinajstić information content (AvgIpc) is 2.84. The fraction of sp³-hybridized carbons (Fsp3) is 0.231. The van der Waals surface area contributed by atoms with Crippen molar-refractivity contribution >= 4 is 11.8 Å². The number of carbonyl (C=O) groups is 1. The van der Waals surface area contributed by atoms with E-state index in [9.17, 15) is 19.3 Å². The summed E-state index contributed by atoms with van der Waals surface area (Å²) in [6.07, 6.45) is 0.241. The van der Waals surface area contributed by atoms with E-state index in [1.165, 1.54) is 30.1 Å². The molecule has 0 saturated carbocycles. The number of nitro groups is 1. The molecule has 0 unspecified atom stereocenters. The molecule has 9 heteroatoms. The van der Waals surface area contributed by atoms with Gasteiger partial charge >= 0.3 is 11.8 Å². The maximum Gasteiger partial charge on any atom is 0.407 e. The van der Waals surface area contributed by atoms with E-state index in [0.29, 0.717) is 0 Å². The number of nitro benzene ring substituents is 1. The van der Waals surface area contributed by atoms with Gasteiger partial charge in [-0.05, 0) is 6.07 Å². The van der Waals surface area contributed by atoms with E-state index in [-0.39, 0.29) is 16.8 Å². The Hall–Kier alpha value is -2.97. The van der Waals surface area contributed by atoms with Gasteiger partial charge in [-0.2, -0.15) is 9.49 Å². The van der Waals surface area contributed by atoms with Gasteiger partial charge in [0.1, 0.15) is 12.3 Å². The topological polar surface area (TPSA) is 99.3 Å². The van der Waals surface area contributed by atoms with Crippen LogP contribution in [0.4, 0.5) is 14.9 Å². The number of halogens is 1. The van der Waals surface area contributed by atoms with Gasteiger partial charge in [0, 0.05) is 41.5 Å². The third-order valence-electron chi connectivity index (χ3n) is 2.80. The third-order valence-corrected chi connectivity index (χ3v) is 2.80. The van der Waals surface area contributed by atoms with Crippen LogP contribution in [0.2, 0.25) is 0 Å². The molecule has 2 rings (SSSR count). The van der Waals surface area contributed by atoms with E-state index in [1.807, 2.05) is 0 Å². The number of nitrogens with one attached hydrogen (secondary N) is 1. The number of ether oxygens (including phenoxy) is 1. The van der Waals surface area contributed by atoms with E-state index in [0.717, 1.165) is 6.07 Å². The van der Waals surface area contributed by atoms with Gasteiger partial charge in [-0.15, -0.1) is 0 Å². The lowest BCUT2D eigenvalue weighted by molar-refractivity contribution is -0.387. The molecule has 0 atom stereocenters. The number of amides is 1. The van der Waals surface area contributed by atoms with Crippen molar-refractivity contribution in [2.75, 3.05) is 6.98 Å². The van der Waals surface area contributed by atoms with Crippen LogP contribution in [0.3, 0.4) is 0 Å². The van der Waals surface area contributed by atoms with Crippen LogP contribution in [-0.2, 0) is 18.4 Å². The Balaban J connectivity index is 2.29. The number of carbonyl (C=O) groups excluding carboxylic acids is 1. The second-order valence-electron chi connectivity index (χ2n) is 4.27. The summed E-state index contributed by atoms with van der Waals surface area (Å²) in [4.78, 5) is 21.4. The number of hydrogen-bond donors (Lipinski definition) is 1.